The number of fused-ring (bicyclic) bond motifs is 2. The van der Waals surface area contributed by atoms with E-state index in [2.05, 4.69) is 29.3 Å². The zero-order valence-electron chi connectivity index (χ0n) is 20.9. The Labute approximate surface area is 206 Å². The van der Waals surface area contributed by atoms with E-state index in [0.717, 1.165) is 18.4 Å². The summed E-state index contributed by atoms with van der Waals surface area (Å²) in [6, 6.07) is 11.3. The summed E-state index contributed by atoms with van der Waals surface area (Å²) in [5, 5.41) is 13.0. The molecule has 1 aliphatic carbocycles. The number of nitrogens with one attached hydrogen (secondary N) is 1. The van der Waals surface area contributed by atoms with Crippen molar-refractivity contribution in [2.24, 2.45) is 0 Å². The number of piperidine rings is 1. The molecule has 1 saturated heterocycles. The van der Waals surface area contributed by atoms with Gasteiger partial charge in [-0.3, -0.25) is 9.59 Å². The maximum Gasteiger partial charge on any atom is 0.289 e. The van der Waals surface area contributed by atoms with Crippen LogP contribution in [-0.2, 0) is 14.9 Å². The molecule has 0 radical (unpaired) electrons. The highest BCUT2D eigenvalue weighted by Crippen LogP contribution is 2.52. The van der Waals surface area contributed by atoms with Crippen LogP contribution in [-0.4, -0.2) is 53.2 Å². The van der Waals surface area contributed by atoms with E-state index in [1.165, 1.54) is 5.56 Å². The van der Waals surface area contributed by atoms with Gasteiger partial charge >= 0.3 is 0 Å². The van der Waals surface area contributed by atoms with Crippen LogP contribution in [0.15, 0.2) is 40.8 Å². The van der Waals surface area contributed by atoms with Crippen molar-refractivity contribution in [2.45, 2.75) is 70.1 Å². The van der Waals surface area contributed by atoms with Gasteiger partial charge in [-0.2, -0.15) is 0 Å². The lowest BCUT2D eigenvalue weighted by atomic mass is 9.71. The van der Waals surface area contributed by atoms with Crippen molar-refractivity contribution in [3.63, 3.8) is 0 Å². The SMILES string of the molecule is CCO[C@H]1[C@H](NC(=O)CC)c2ccccc2C12CCN(C(=O)c1ccc(C#CC(C)(C)O)o1)CC2. The van der Waals surface area contributed by atoms with Crippen LogP contribution in [0.2, 0.25) is 0 Å². The molecule has 2 aliphatic rings. The van der Waals surface area contributed by atoms with E-state index >= 15 is 0 Å². The van der Waals surface area contributed by atoms with Gasteiger partial charge in [0.05, 0.1) is 12.1 Å². The minimum absolute atomic E-state index is 0.000443. The van der Waals surface area contributed by atoms with Crippen LogP contribution in [0, 0.1) is 11.8 Å². The van der Waals surface area contributed by atoms with Crippen LogP contribution in [0.25, 0.3) is 0 Å². The van der Waals surface area contributed by atoms with Crippen molar-refractivity contribution >= 4 is 11.8 Å². The summed E-state index contributed by atoms with van der Waals surface area (Å²) >= 11 is 0. The Kier molecular flexibility index (Phi) is 7.07. The molecule has 2 aromatic rings. The van der Waals surface area contributed by atoms with E-state index < -0.39 is 5.60 Å². The molecule has 1 fully saturated rings. The number of carbonyl (C=O) groups is 2. The third-order valence-corrected chi connectivity index (χ3v) is 6.91. The summed E-state index contributed by atoms with van der Waals surface area (Å²) in [6.07, 6.45) is 1.68. The fourth-order valence-corrected chi connectivity index (χ4v) is 5.27. The highest BCUT2D eigenvalue weighted by Gasteiger charge is 2.54. The smallest absolute Gasteiger partial charge is 0.289 e. The molecule has 7 heteroatoms. The third kappa shape index (κ3) is 5.00. The third-order valence-electron chi connectivity index (χ3n) is 6.91. The maximum absolute atomic E-state index is 13.2. The summed E-state index contributed by atoms with van der Waals surface area (Å²) in [5.74, 6) is 5.87. The summed E-state index contributed by atoms with van der Waals surface area (Å²) in [5.41, 5.74) is 0.894. The summed E-state index contributed by atoms with van der Waals surface area (Å²) in [6.45, 7) is 8.65. The molecule has 1 aliphatic heterocycles. The van der Waals surface area contributed by atoms with Gasteiger partial charge < -0.3 is 24.5 Å². The number of nitrogens with zero attached hydrogens (tertiary/aromatic N) is 1. The molecule has 1 aromatic heterocycles. The van der Waals surface area contributed by atoms with Crippen molar-refractivity contribution in [3.05, 3.63) is 59.0 Å². The molecule has 7 nitrogen and oxygen atoms in total. The monoisotopic (exact) mass is 478 g/mol. The van der Waals surface area contributed by atoms with E-state index in [1.807, 2.05) is 26.0 Å². The minimum atomic E-state index is -1.14. The normalized spacial score (nSPS) is 20.8. The molecule has 35 heavy (non-hydrogen) atoms. The van der Waals surface area contributed by atoms with E-state index in [1.54, 1.807) is 30.9 Å². The summed E-state index contributed by atoms with van der Waals surface area (Å²) in [7, 11) is 0. The van der Waals surface area contributed by atoms with Gasteiger partial charge in [-0.15, -0.1) is 0 Å². The van der Waals surface area contributed by atoms with E-state index in [0.29, 0.717) is 31.9 Å². The van der Waals surface area contributed by atoms with Gasteiger partial charge in [0.15, 0.2) is 11.5 Å². The van der Waals surface area contributed by atoms with Crippen LogP contribution in [0.3, 0.4) is 0 Å². The van der Waals surface area contributed by atoms with Crippen LogP contribution in [0.4, 0.5) is 0 Å². The van der Waals surface area contributed by atoms with Gasteiger partial charge in [-0.25, -0.2) is 0 Å². The molecule has 2 amide bonds. The number of rotatable bonds is 5. The number of furan rings is 1. The molecule has 4 rings (SSSR count). The van der Waals surface area contributed by atoms with Crippen molar-refractivity contribution in [3.8, 4) is 11.8 Å². The number of hydrogen-bond acceptors (Lipinski definition) is 5. The molecule has 2 atom stereocenters. The Hall–Kier alpha value is -3.08. The van der Waals surface area contributed by atoms with Gasteiger partial charge in [-0.05, 0) is 62.8 Å². The number of hydrogen-bond donors (Lipinski definition) is 2. The molecule has 2 N–H and O–H groups in total. The van der Waals surface area contributed by atoms with E-state index in [4.69, 9.17) is 9.15 Å². The van der Waals surface area contributed by atoms with Gasteiger partial charge in [0, 0.05) is 31.5 Å². The van der Waals surface area contributed by atoms with Gasteiger partial charge in [0.25, 0.3) is 5.91 Å². The molecule has 0 unspecified atom stereocenters. The van der Waals surface area contributed by atoms with Crippen LogP contribution >= 0.6 is 0 Å². The molecular weight excluding hydrogens is 444 g/mol. The zero-order valence-corrected chi connectivity index (χ0v) is 20.9. The Morgan fingerprint density at radius 3 is 2.57 bits per heavy atom. The van der Waals surface area contributed by atoms with Crippen LogP contribution in [0.5, 0.6) is 0 Å². The number of ether oxygens (including phenoxy) is 1. The zero-order chi connectivity index (χ0) is 25.2. The van der Waals surface area contributed by atoms with Gasteiger partial charge in [-0.1, -0.05) is 37.1 Å². The van der Waals surface area contributed by atoms with Crippen LogP contribution in [0.1, 0.15) is 80.4 Å². The first-order chi connectivity index (χ1) is 16.7. The average Bonchev–Trinajstić information content (AvgIpc) is 3.41. The maximum atomic E-state index is 13.2. The Morgan fingerprint density at radius 1 is 1.20 bits per heavy atom. The second-order valence-corrected chi connectivity index (χ2v) is 9.78. The Balaban J connectivity index is 1.54. The second-order valence-electron chi connectivity index (χ2n) is 9.78. The summed E-state index contributed by atoms with van der Waals surface area (Å²) < 4.78 is 12.0. The van der Waals surface area contributed by atoms with Gasteiger partial charge in [0.1, 0.15) is 5.60 Å². The standard InChI is InChI=1S/C28H34N2O5/c1-5-23(31)29-24-20-9-7-8-10-21(20)28(25(24)34-6-2)15-17-30(18-16-28)26(32)22-12-11-19(35-22)13-14-27(3,4)33/h7-12,24-25,33H,5-6,15-18H2,1-4H3,(H,29,31)/t24-,25+/m1/s1. The Morgan fingerprint density at radius 2 is 1.91 bits per heavy atom. The van der Waals surface area contributed by atoms with Crippen molar-refractivity contribution in [2.75, 3.05) is 19.7 Å². The lowest BCUT2D eigenvalue weighted by molar-refractivity contribution is -0.123. The molecule has 0 bridgehead atoms. The van der Waals surface area contributed by atoms with E-state index in [9.17, 15) is 14.7 Å². The first-order valence-corrected chi connectivity index (χ1v) is 12.3. The molecular formula is C28H34N2O5. The van der Waals surface area contributed by atoms with Crippen LogP contribution < -0.4 is 5.32 Å². The predicted molar refractivity (Wildman–Crippen MR) is 132 cm³/mol. The number of carbonyl (C=O) groups excluding carboxylic acids is 2. The molecule has 0 saturated carbocycles. The Bertz CT molecular complexity index is 1140. The molecule has 186 valence electrons. The van der Waals surface area contributed by atoms with Crippen molar-refractivity contribution in [1.29, 1.82) is 0 Å². The fourth-order valence-electron chi connectivity index (χ4n) is 5.27. The second kappa shape index (κ2) is 9.88. The van der Waals surface area contributed by atoms with Crippen molar-refractivity contribution < 1.29 is 23.8 Å². The summed E-state index contributed by atoms with van der Waals surface area (Å²) in [4.78, 5) is 27.3. The largest absolute Gasteiger partial charge is 0.443 e. The average molecular weight is 479 g/mol. The number of benzene rings is 1. The topological polar surface area (TPSA) is 92.0 Å². The lowest BCUT2D eigenvalue weighted by Crippen LogP contribution is -2.52. The van der Waals surface area contributed by atoms with E-state index in [-0.39, 0.29) is 35.1 Å². The quantitative estimate of drug-likeness (QED) is 0.641. The predicted octanol–water partition coefficient (Wildman–Crippen LogP) is 3.56. The lowest BCUT2D eigenvalue weighted by Gasteiger charge is -2.44. The van der Waals surface area contributed by atoms with Crippen molar-refractivity contribution in [1.82, 2.24) is 10.2 Å². The highest BCUT2D eigenvalue weighted by atomic mass is 16.5. The fraction of sp³-hybridized carbons (Fsp3) is 0.500. The number of amides is 2. The molecule has 1 aromatic carbocycles. The highest BCUT2D eigenvalue weighted by molar-refractivity contribution is 5.91. The number of likely N-dealkylation sites (tertiary alicyclic amines) is 1. The minimum Gasteiger partial charge on any atom is -0.443 e. The molecule has 1 spiro atoms. The first-order valence-electron chi connectivity index (χ1n) is 12.3. The molecule has 2 heterocycles. The first kappa shape index (κ1) is 25.0. The van der Waals surface area contributed by atoms with Gasteiger partial charge in [0.2, 0.25) is 5.91 Å². The number of aliphatic hydroxyl groups is 1.